The van der Waals surface area contributed by atoms with Crippen LogP contribution >= 0.6 is 0 Å². The highest BCUT2D eigenvalue weighted by atomic mass is 32.2. The zero-order chi connectivity index (χ0) is 23.3. The van der Waals surface area contributed by atoms with Crippen LogP contribution in [0.15, 0.2) is 47.4 Å². The Hall–Kier alpha value is -2.52. The number of carbonyl (C=O) groups excluding carboxylic acids is 1. The average Bonchev–Trinajstić information content (AvgIpc) is 2.72. The lowest BCUT2D eigenvalue weighted by atomic mass is 9.87. The molecule has 0 bridgehead atoms. The molecular formula is C23H28F2N2O4S. The van der Waals surface area contributed by atoms with E-state index >= 15 is 0 Å². The van der Waals surface area contributed by atoms with Crippen LogP contribution in [0.3, 0.4) is 0 Å². The van der Waals surface area contributed by atoms with Gasteiger partial charge < -0.3 is 15.4 Å². The number of ether oxygens (including phenoxy) is 1. The third-order valence-electron chi connectivity index (χ3n) is 5.90. The lowest BCUT2D eigenvalue weighted by Gasteiger charge is -2.32. The van der Waals surface area contributed by atoms with E-state index in [0.717, 1.165) is 43.8 Å². The Kier molecular flexibility index (Phi) is 7.84. The number of carbonyl (C=O) groups is 1. The molecule has 1 aliphatic heterocycles. The molecule has 3 rings (SSSR count). The van der Waals surface area contributed by atoms with Crippen molar-refractivity contribution in [1.82, 2.24) is 4.90 Å². The molecule has 0 radical (unpaired) electrons. The summed E-state index contributed by atoms with van der Waals surface area (Å²) in [5, 5.41) is 0. The Morgan fingerprint density at radius 1 is 1.09 bits per heavy atom. The summed E-state index contributed by atoms with van der Waals surface area (Å²) in [7, 11) is -3.34. The first-order valence-corrected chi connectivity index (χ1v) is 12.4. The number of amides is 1. The largest absolute Gasteiger partial charge is 0.449 e. The van der Waals surface area contributed by atoms with Gasteiger partial charge in [-0.2, -0.15) is 0 Å². The minimum absolute atomic E-state index is 0.200. The van der Waals surface area contributed by atoms with E-state index < -0.39 is 27.6 Å². The van der Waals surface area contributed by atoms with Crippen LogP contribution in [0.1, 0.15) is 36.3 Å². The van der Waals surface area contributed by atoms with Gasteiger partial charge in [0.25, 0.3) is 0 Å². The van der Waals surface area contributed by atoms with Crippen LogP contribution < -0.4 is 5.73 Å². The second kappa shape index (κ2) is 10.4. The van der Waals surface area contributed by atoms with E-state index in [-0.39, 0.29) is 16.7 Å². The first-order valence-electron chi connectivity index (χ1n) is 10.5. The number of piperidine rings is 1. The summed E-state index contributed by atoms with van der Waals surface area (Å²) in [5.41, 5.74) is 6.34. The fourth-order valence-corrected chi connectivity index (χ4v) is 4.77. The first kappa shape index (κ1) is 24.1. The second-order valence-corrected chi connectivity index (χ2v) is 10.3. The number of likely N-dealkylation sites (tertiary alicyclic amines) is 1. The molecule has 1 amide bonds. The smallest absolute Gasteiger partial charge is 0.404 e. The number of hydrogen-bond acceptors (Lipinski definition) is 5. The molecule has 1 atom stereocenters. The third-order valence-corrected chi connectivity index (χ3v) is 7.03. The van der Waals surface area contributed by atoms with Crippen LogP contribution in [-0.4, -0.2) is 51.9 Å². The minimum atomic E-state index is -3.34. The van der Waals surface area contributed by atoms with Crippen molar-refractivity contribution in [2.24, 2.45) is 11.7 Å². The van der Waals surface area contributed by atoms with E-state index in [1.165, 1.54) is 24.3 Å². The molecule has 1 saturated heterocycles. The fourth-order valence-electron chi connectivity index (χ4n) is 4.14. The molecule has 2 aromatic rings. The number of nitrogens with two attached hydrogens (primary N) is 1. The number of nitrogens with zero attached hydrogens (tertiary/aromatic N) is 1. The standard InChI is InChI=1S/C23H28F2N2O4S/c1-32(29,30)21-4-2-17(3-5-21)22(18-12-19(24)14-20(25)13-18)8-11-27-9-6-16(7-10-27)15-31-23(26)28/h2-5,12-14,16,22H,6-11,15H2,1H3,(H2,26,28)/t22-/m1/s1. The van der Waals surface area contributed by atoms with Crippen LogP contribution in [0.25, 0.3) is 0 Å². The van der Waals surface area contributed by atoms with Gasteiger partial charge in [0, 0.05) is 18.2 Å². The van der Waals surface area contributed by atoms with Gasteiger partial charge in [0.2, 0.25) is 0 Å². The maximum atomic E-state index is 13.9. The van der Waals surface area contributed by atoms with E-state index in [1.807, 2.05) is 0 Å². The van der Waals surface area contributed by atoms with Crippen molar-refractivity contribution in [3.05, 3.63) is 65.2 Å². The molecule has 0 spiro atoms. The van der Waals surface area contributed by atoms with Gasteiger partial charge in [0.15, 0.2) is 9.84 Å². The van der Waals surface area contributed by atoms with Crippen LogP contribution in [0.4, 0.5) is 13.6 Å². The second-order valence-electron chi connectivity index (χ2n) is 8.30. The topological polar surface area (TPSA) is 89.7 Å². The van der Waals surface area contributed by atoms with Crippen LogP contribution in [0, 0.1) is 17.6 Å². The molecule has 0 aromatic heterocycles. The van der Waals surface area contributed by atoms with E-state index in [0.29, 0.717) is 25.1 Å². The Morgan fingerprint density at radius 3 is 2.22 bits per heavy atom. The number of rotatable bonds is 8. The minimum Gasteiger partial charge on any atom is -0.449 e. The molecule has 1 heterocycles. The number of halogens is 2. The quantitative estimate of drug-likeness (QED) is 0.641. The van der Waals surface area contributed by atoms with E-state index in [9.17, 15) is 22.0 Å². The monoisotopic (exact) mass is 466 g/mol. The van der Waals surface area contributed by atoms with E-state index in [1.54, 1.807) is 12.1 Å². The van der Waals surface area contributed by atoms with Crippen molar-refractivity contribution >= 4 is 15.9 Å². The van der Waals surface area contributed by atoms with Crippen molar-refractivity contribution in [2.75, 3.05) is 32.5 Å². The van der Waals surface area contributed by atoms with Gasteiger partial charge in [-0.3, -0.25) is 0 Å². The maximum absolute atomic E-state index is 13.9. The molecule has 1 aliphatic rings. The predicted molar refractivity (Wildman–Crippen MR) is 117 cm³/mol. The number of sulfone groups is 1. The van der Waals surface area contributed by atoms with Gasteiger partial charge in [0.1, 0.15) is 11.6 Å². The van der Waals surface area contributed by atoms with E-state index in [4.69, 9.17) is 10.5 Å². The fraction of sp³-hybridized carbons (Fsp3) is 0.435. The Morgan fingerprint density at radius 2 is 1.69 bits per heavy atom. The van der Waals surface area contributed by atoms with Gasteiger partial charge >= 0.3 is 6.09 Å². The number of hydrogen-bond donors (Lipinski definition) is 1. The van der Waals surface area contributed by atoms with Crippen LogP contribution in [-0.2, 0) is 14.6 Å². The van der Waals surface area contributed by atoms with Crippen LogP contribution in [0.5, 0.6) is 0 Å². The van der Waals surface area contributed by atoms with Crippen LogP contribution in [0.2, 0.25) is 0 Å². The molecule has 0 aliphatic carbocycles. The summed E-state index contributed by atoms with van der Waals surface area (Å²) in [4.78, 5) is 13.3. The SMILES string of the molecule is CS(=O)(=O)c1ccc([C@@H](CCN2CCC(COC(N)=O)CC2)c2cc(F)cc(F)c2)cc1. The molecule has 6 nitrogen and oxygen atoms in total. The highest BCUT2D eigenvalue weighted by Gasteiger charge is 2.23. The molecule has 32 heavy (non-hydrogen) atoms. The summed E-state index contributed by atoms with van der Waals surface area (Å²) >= 11 is 0. The van der Waals surface area contributed by atoms with Crippen molar-refractivity contribution in [3.63, 3.8) is 0 Å². The molecular weight excluding hydrogens is 438 g/mol. The molecule has 2 aromatic carbocycles. The summed E-state index contributed by atoms with van der Waals surface area (Å²) in [5.74, 6) is -1.30. The number of primary amides is 1. The first-order chi connectivity index (χ1) is 15.1. The van der Waals surface area contributed by atoms with Crippen molar-refractivity contribution in [2.45, 2.75) is 30.1 Å². The molecule has 0 unspecified atom stereocenters. The molecule has 174 valence electrons. The van der Waals surface area contributed by atoms with Gasteiger partial charge in [-0.15, -0.1) is 0 Å². The molecule has 9 heteroatoms. The third kappa shape index (κ3) is 6.74. The highest BCUT2D eigenvalue weighted by molar-refractivity contribution is 7.90. The summed E-state index contributed by atoms with van der Waals surface area (Å²) < 4.78 is 56.3. The Balaban J connectivity index is 1.72. The molecule has 1 fully saturated rings. The molecule has 2 N–H and O–H groups in total. The van der Waals surface area contributed by atoms with Gasteiger partial charge in [-0.05, 0) is 80.2 Å². The number of benzene rings is 2. The zero-order valence-electron chi connectivity index (χ0n) is 18.0. The average molecular weight is 467 g/mol. The maximum Gasteiger partial charge on any atom is 0.404 e. The molecule has 0 saturated carbocycles. The zero-order valence-corrected chi connectivity index (χ0v) is 18.8. The van der Waals surface area contributed by atoms with Crippen molar-refractivity contribution in [1.29, 1.82) is 0 Å². The van der Waals surface area contributed by atoms with Gasteiger partial charge in [-0.25, -0.2) is 22.0 Å². The summed E-state index contributed by atoms with van der Waals surface area (Å²) in [6.07, 6.45) is 2.73. The predicted octanol–water partition coefficient (Wildman–Crippen LogP) is 3.70. The highest BCUT2D eigenvalue weighted by Crippen LogP contribution is 2.31. The van der Waals surface area contributed by atoms with Gasteiger partial charge in [-0.1, -0.05) is 12.1 Å². The summed E-state index contributed by atoms with van der Waals surface area (Å²) in [6, 6.07) is 9.95. The Bertz CT molecular complexity index is 1020. The van der Waals surface area contributed by atoms with Crippen molar-refractivity contribution in [3.8, 4) is 0 Å². The summed E-state index contributed by atoms with van der Waals surface area (Å²) in [6.45, 7) is 2.68. The van der Waals surface area contributed by atoms with E-state index in [2.05, 4.69) is 4.90 Å². The Labute approximate surface area is 187 Å². The normalized spacial score (nSPS) is 16.6. The van der Waals surface area contributed by atoms with Crippen molar-refractivity contribution < 1.29 is 26.7 Å². The lowest BCUT2D eigenvalue weighted by Crippen LogP contribution is -2.36. The van der Waals surface area contributed by atoms with Gasteiger partial charge in [0.05, 0.1) is 11.5 Å². The lowest BCUT2D eigenvalue weighted by molar-refractivity contribution is 0.101.